The molecule has 5 nitrogen and oxygen atoms in total. The number of nitrogens with zero attached hydrogens (tertiary/aromatic N) is 4. The smallest absolute Gasteiger partial charge is 0.293 e. The van der Waals surface area contributed by atoms with E-state index >= 15 is 0 Å². The van der Waals surface area contributed by atoms with Crippen LogP contribution in [-0.2, 0) is 0 Å². The lowest BCUT2D eigenvalue weighted by atomic mass is 10.2. The highest BCUT2D eigenvalue weighted by Crippen LogP contribution is 2.23. The highest BCUT2D eigenvalue weighted by molar-refractivity contribution is 6.30. The maximum absolute atomic E-state index is 13.0. The van der Waals surface area contributed by atoms with Gasteiger partial charge in [-0.3, -0.25) is 4.79 Å². The fourth-order valence-corrected chi connectivity index (χ4v) is 3.48. The molecule has 2 aromatic carbocycles. The monoisotopic (exact) mass is 380 g/mol. The van der Waals surface area contributed by atoms with Gasteiger partial charge < -0.3 is 4.90 Å². The van der Waals surface area contributed by atoms with Crippen molar-refractivity contribution in [1.82, 2.24) is 19.7 Å². The molecule has 1 aliphatic heterocycles. The molecule has 1 aliphatic rings. The van der Waals surface area contributed by atoms with Crippen molar-refractivity contribution in [3.63, 3.8) is 0 Å². The van der Waals surface area contributed by atoms with Crippen molar-refractivity contribution in [2.75, 3.05) is 13.1 Å². The van der Waals surface area contributed by atoms with Crippen molar-refractivity contribution in [2.45, 2.75) is 25.7 Å². The van der Waals surface area contributed by atoms with Gasteiger partial charge in [-0.1, -0.05) is 54.8 Å². The Hall–Kier alpha value is -2.66. The molecule has 0 radical (unpaired) electrons. The van der Waals surface area contributed by atoms with Gasteiger partial charge in [-0.15, -0.1) is 5.10 Å². The Morgan fingerprint density at radius 2 is 1.56 bits per heavy atom. The van der Waals surface area contributed by atoms with Crippen LogP contribution in [0.1, 0.15) is 36.3 Å². The molecule has 0 saturated carbocycles. The van der Waals surface area contributed by atoms with Gasteiger partial charge in [-0.25, -0.2) is 9.67 Å². The molecule has 3 aromatic rings. The first kappa shape index (κ1) is 17.7. The first-order valence-corrected chi connectivity index (χ1v) is 9.68. The van der Waals surface area contributed by atoms with Gasteiger partial charge in [0, 0.05) is 23.7 Å². The topological polar surface area (TPSA) is 51.0 Å². The van der Waals surface area contributed by atoms with Crippen molar-refractivity contribution in [1.29, 1.82) is 0 Å². The van der Waals surface area contributed by atoms with E-state index in [4.69, 9.17) is 11.6 Å². The highest BCUT2D eigenvalue weighted by Gasteiger charge is 2.24. The van der Waals surface area contributed by atoms with E-state index in [9.17, 15) is 4.79 Å². The standard InChI is InChI=1S/C21H21ClN4O/c22-17-10-12-18(13-11-17)26-20(16-8-4-3-5-9-16)23-19(24-26)21(27)25-14-6-1-2-7-15-25/h3-5,8-13H,1-2,6-7,14-15H2. The summed E-state index contributed by atoms with van der Waals surface area (Å²) in [5.41, 5.74) is 1.73. The van der Waals surface area contributed by atoms with E-state index in [1.165, 1.54) is 12.8 Å². The predicted molar refractivity (Wildman–Crippen MR) is 106 cm³/mol. The third-order valence-electron chi connectivity index (χ3n) is 4.79. The maximum Gasteiger partial charge on any atom is 0.293 e. The molecular formula is C21H21ClN4O. The van der Waals surface area contributed by atoms with Crippen molar-refractivity contribution in [2.24, 2.45) is 0 Å². The number of carbonyl (C=O) groups excluding carboxylic acids is 1. The van der Waals surface area contributed by atoms with Crippen molar-refractivity contribution < 1.29 is 4.79 Å². The van der Waals surface area contributed by atoms with Gasteiger partial charge in [0.25, 0.3) is 5.91 Å². The Balaban J connectivity index is 1.75. The lowest BCUT2D eigenvalue weighted by Crippen LogP contribution is -2.32. The van der Waals surface area contributed by atoms with E-state index in [-0.39, 0.29) is 11.7 Å². The molecule has 1 aromatic heterocycles. The Kier molecular flexibility index (Phi) is 5.21. The van der Waals surface area contributed by atoms with Gasteiger partial charge in [0.05, 0.1) is 5.69 Å². The molecule has 0 unspecified atom stereocenters. The van der Waals surface area contributed by atoms with Crippen LogP contribution in [0.4, 0.5) is 0 Å². The largest absolute Gasteiger partial charge is 0.336 e. The van der Waals surface area contributed by atoms with Crippen molar-refractivity contribution in [3.05, 3.63) is 65.4 Å². The number of halogens is 1. The minimum atomic E-state index is -0.0956. The molecule has 1 amide bonds. The van der Waals surface area contributed by atoms with E-state index < -0.39 is 0 Å². The number of rotatable bonds is 3. The number of hydrogen-bond acceptors (Lipinski definition) is 3. The third-order valence-corrected chi connectivity index (χ3v) is 5.05. The van der Waals surface area contributed by atoms with Gasteiger partial charge in [0.2, 0.25) is 5.82 Å². The number of amides is 1. The second-order valence-corrected chi connectivity index (χ2v) is 7.16. The molecule has 138 valence electrons. The quantitative estimate of drug-likeness (QED) is 0.667. The number of carbonyl (C=O) groups is 1. The van der Waals surface area contributed by atoms with Gasteiger partial charge in [-0.05, 0) is 37.1 Å². The molecule has 0 spiro atoms. The van der Waals surface area contributed by atoms with Crippen LogP contribution in [0, 0.1) is 0 Å². The number of hydrogen-bond donors (Lipinski definition) is 0. The van der Waals surface area contributed by atoms with Gasteiger partial charge in [0.15, 0.2) is 5.82 Å². The molecule has 4 rings (SSSR count). The Bertz CT molecular complexity index is 913. The fourth-order valence-electron chi connectivity index (χ4n) is 3.35. The van der Waals surface area contributed by atoms with Crippen LogP contribution in [0.3, 0.4) is 0 Å². The van der Waals surface area contributed by atoms with Crippen LogP contribution in [-0.4, -0.2) is 38.7 Å². The van der Waals surface area contributed by atoms with Crippen LogP contribution in [0.5, 0.6) is 0 Å². The lowest BCUT2D eigenvalue weighted by Gasteiger charge is -2.18. The highest BCUT2D eigenvalue weighted by atomic mass is 35.5. The molecule has 0 aliphatic carbocycles. The third kappa shape index (κ3) is 3.88. The van der Waals surface area contributed by atoms with Crippen LogP contribution < -0.4 is 0 Å². The summed E-state index contributed by atoms with van der Waals surface area (Å²) < 4.78 is 1.72. The summed E-state index contributed by atoms with van der Waals surface area (Å²) in [5, 5.41) is 5.22. The summed E-state index contributed by atoms with van der Waals surface area (Å²) >= 11 is 6.02. The molecule has 1 fully saturated rings. The summed E-state index contributed by atoms with van der Waals surface area (Å²) in [4.78, 5) is 19.5. The number of aromatic nitrogens is 3. The average molecular weight is 381 g/mol. The van der Waals surface area contributed by atoms with E-state index in [0.717, 1.165) is 37.2 Å². The van der Waals surface area contributed by atoms with E-state index in [1.807, 2.05) is 59.5 Å². The number of benzene rings is 2. The van der Waals surface area contributed by atoms with E-state index in [1.54, 1.807) is 4.68 Å². The average Bonchev–Trinajstić information content (AvgIpc) is 2.97. The minimum absolute atomic E-state index is 0.0956. The molecule has 0 atom stereocenters. The first-order valence-electron chi connectivity index (χ1n) is 9.30. The molecule has 1 saturated heterocycles. The van der Waals surface area contributed by atoms with Gasteiger partial charge >= 0.3 is 0 Å². The zero-order valence-electron chi connectivity index (χ0n) is 15.0. The number of likely N-dealkylation sites (tertiary alicyclic amines) is 1. The Morgan fingerprint density at radius 3 is 2.22 bits per heavy atom. The van der Waals surface area contributed by atoms with Crippen molar-refractivity contribution >= 4 is 17.5 Å². The van der Waals surface area contributed by atoms with Crippen molar-refractivity contribution in [3.8, 4) is 17.1 Å². The van der Waals surface area contributed by atoms with Crippen LogP contribution in [0.25, 0.3) is 17.1 Å². The predicted octanol–water partition coefficient (Wildman–Crippen LogP) is 4.60. The van der Waals surface area contributed by atoms with Gasteiger partial charge in [-0.2, -0.15) is 0 Å². The summed E-state index contributed by atoms with van der Waals surface area (Å²) in [6.07, 6.45) is 4.42. The van der Waals surface area contributed by atoms with Crippen LogP contribution in [0.2, 0.25) is 5.02 Å². The molecule has 0 bridgehead atoms. The maximum atomic E-state index is 13.0. The second-order valence-electron chi connectivity index (χ2n) is 6.72. The molecule has 0 N–H and O–H groups in total. The second kappa shape index (κ2) is 7.92. The first-order chi connectivity index (χ1) is 13.2. The minimum Gasteiger partial charge on any atom is -0.336 e. The molecular weight excluding hydrogens is 360 g/mol. The van der Waals surface area contributed by atoms with E-state index in [2.05, 4.69) is 10.1 Å². The zero-order chi connectivity index (χ0) is 18.6. The summed E-state index contributed by atoms with van der Waals surface area (Å²) in [5.74, 6) is 0.795. The normalized spacial score (nSPS) is 14.8. The van der Waals surface area contributed by atoms with Gasteiger partial charge in [0.1, 0.15) is 0 Å². The van der Waals surface area contributed by atoms with E-state index in [0.29, 0.717) is 10.8 Å². The lowest BCUT2D eigenvalue weighted by molar-refractivity contribution is 0.0749. The molecule has 27 heavy (non-hydrogen) atoms. The molecule has 2 heterocycles. The summed E-state index contributed by atoms with van der Waals surface area (Å²) in [6, 6.07) is 17.2. The fraction of sp³-hybridized carbons (Fsp3) is 0.286. The molecule has 6 heteroatoms. The zero-order valence-corrected chi connectivity index (χ0v) is 15.8. The van der Waals surface area contributed by atoms with Crippen LogP contribution >= 0.6 is 11.6 Å². The SMILES string of the molecule is O=C(c1nc(-c2ccccc2)n(-c2ccc(Cl)cc2)n1)N1CCCCCC1. The Morgan fingerprint density at radius 1 is 0.889 bits per heavy atom. The Labute approximate surface area is 163 Å². The summed E-state index contributed by atoms with van der Waals surface area (Å²) in [6.45, 7) is 1.55. The van der Waals surface area contributed by atoms with Crippen LogP contribution in [0.15, 0.2) is 54.6 Å². The summed E-state index contributed by atoms with van der Waals surface area (Å²) in [7, 11) is 0.